The maximum atomic E-state index is 13.6. The highest BCUT2D eigenvalue weighted by atomic mass is 79.9. The molecule has 0 aliphatic carbocycles. The van der Waals surface area contributed by atoms with E-state index in [-0.39, 0.29) is 11.8 Å². The van der Waals surface area contributed by atoms with E-state index in [0.29, 0.717) is 29.0 Å². The fraction of sp³-hybridized carbons (Fsp3) is 0.364. The Morgan fingerprint density at radius 3 is 2.88 bits per heavy atom. The molecule has 1 fully saturated rings. The van der Waals surface area contributed by atoms with Crippen LogP contribution in [-0.2, 0) is 4.79 Å². The second kappa shape index (κ2) is 4.72. The Labute approximate surface area is 107 Å². The molecule has 1 aliphatic heterocycles. The topological polar surface area (TPSA) is 20.3 Å². The Kier molecular flexibility index (Phi) is 3.50. The van der Waals surface area contributed by atoms with Crippen molar-refractivity contribution in [1.29, 1.82) is 0 Å². The molecule has 1 amide bonds. The van der Waals surface area contributed by atoms with Gasteiger partial charge in [-0.1, -0.05) is 15.9 Å². The molecule has 0 N–H and O–H groups in total. The van der Waals surface area contributed by atoms with Crippen LogP contribution in [0.5, 0.6) is 0 Å². The minimum atomic E-state index is -0.391. The zero-order valence-corrected chi connectivity index (χ0v) is 10.8. The van der Waals surface area contributed by atoms with Gasteiger partial charge in [0.25, 0.3) is 0 Å². The summed E-state index contributed by atoms with van der Waals surface area (Å²) in [6.07, 6.45) is 0.402. The molecule has 2 rings (SSSR count). The van der Waals surface area contributed by atoms with E-state index in [2.05, 4.69) is 15.9 Å². The number of hydrogen-bond acceptors (Lipinski definition) is 1. The van der Waals surface area contributed by atoms with E-state index in [4.69, 9.17) is 11.6 Å². The Bertz CT molecular complexity index is 426. The third kappa shape index (κ3) is 2.23. The quantitative estimate of drug-likeness (QED) is 0.769. The van der Waals surface area contributed by atoms with Crippen LogP contribution in [0.2, 0.25) is 0 Å². The van der Waals surface area contributed by atoms with Gasteiger partial charge < -0.3 is 4.90 Å². The number of nitrogens with zero attached hydrogens (tertiary/aromatic N) is 1. The number of carbonyl (C=O) groups excluding carboxylic acids is 1. The lowest BCUT2D eigenvalue weighted by Crippen LogP contribution is -2.25. The molecule has 1 atom stereocenters. The third-order valence-electron chi connectivity index (χ3n) is 2.62. The molecular weight excluding hydrogens is 296 g/mol. The number of hydrogen-bond donors (Lipinski definition) is 0. The summed E-state index contributed by atoms with van der Waals surface area (Å²) in [5, 5.41) is 0. The summed E-state index contributed by atoms with van der Waals surface area (Å²) in [5.41, 5.74) is 0.334. The maximum Gasteiger partial charge on any atom is 0.227 e. The number of anilines is 1. The van der Waals surface area contributed by atoms with E-state index in [1.807, 2.05) is 0 Å². The van der Waals surface area contributed by atoms with E-state index in [1.165, 1.54) is 11.0 Å². The summed E-state index contributed by atoms with van der Waals surface area (Å²) < 4.78 is 14.3. The Balaban J connectivity index is 2.28. The zero-order chi connectivity index (χ0) is 11.7. The number of carbonyl (C=O) groups is 1. The average molecular weight is 307 g/mol. The van der Waals surface area contributed by atoms with E-state index < -0.39 is 5.82 Å². The molecule has 0 saturated carbocycles. The van der Waals surface area contributed by atoms with Crippen molar-refractivity contribution in [3.05, 3.63) is 28.5 Å². The molecule has 0 spiro atoms. The number of benzene rings is 1. The molecule has 5 heteroatoms. The molecule has 16 heavy (non-hydrogen) atoms. The van der Waals surface area contributed by atoms with Crippen LogP contribution in [0.3, 0.4) is 0 Å². The number of amides is 1. The van der Waals surface area contributed by atoms with Gasteiger partial charge in [0.15, 0.2) is 0 Å². The molecule has 0 bridgehead atoms. The summed E-state index contributed by atoms with van der Waals surface area (Å²) in [7, 11) is 0. The fourth-order valence-corrected chi connectivity index (χ4v) is 2.36. The third-order valence-corrected chi connectivity index (χ3v) is 3.55. The van der Waals surface area contributed by atoms with Crippen molar-refractivity contribution < 1.29 is 9.18 Å². The van der Waals surface area contributed by atoms with Gasteiger partial charge in [0, 0.05) is 23.3 Å². The van der Waals surface area contributed by atoms with Gasteiger partial charge in [-0.2, -0.15) is 0 Å². The molecule has 1 aliphatic rings. The lowest BCUT2D eigenvalue weighted by atomic mass is 10.1. The highest BCUT2D eigenvalue weighted by molar-refractivity contribution is 9.10. The van der Waals surface area contributed by atoms with Crippen LogP contribution < -0.4 is 4.90 Å². The van der Waals surface area contributed by atoms with Gasteiger partial charge in [-0.05, 0) is 24.1 Å². The van der Waals surface area contributed by atoms with Crippen LogP contribution in [-0.4, -0.2) is 18.3 Å². The summed E-state index contributed by atoms with van der Waals surface area (Å²) in [6, 6.07) is 4.68. The van der Waals surface area contributed by atoms with Gasteiger partial charge >= 0.3 is 0 Å². The van der Waals surface area contributed by atoms with Crippen molar-refractivity contribution in [2.75, 3.05) is 17.3 Å². The fourth-order valence-electron chi connectivity index (χ4n) is 1.82. The van der Waals surface area contributed by atoms with Crippen LogP contribution in [0.4, 0.5) is 10.1 Å². The Morgan fingerprint density at radius 1 is 1.56 bits per heavy atom. The van der Waals surface area contributed by atoms with Crippen molar-refractivity contribution in [1.82, 2.24) is 0 Å². The van der Waals surface area contributed by atoms with E-state index in [0.717, 1.165) is 0 Å². The predicted molar refractivity (Wildman–Crippen MR) is 65.3 cm³/mol. The first-order valence-corrected chi connectivity index (χ1v) is 6.26. The molecule has 1 unspecified atom stereocenters. The summed E-state index contributed by atoms with van der Waals surface area (Å²) in [5.74, 6) is 0.0995. The summed E-state index contributed by atoms with van der Waals surface area (Å²) in [4.78, 5) is 13.1. The molecule has 1 aromatic rings. The first-order chi connectivity index (χ1) is 7.61. The van der Waals surface area contributed by atoms with Gasteiger partial charge in [0.1, 0.15) is 5.82 Å². The van der Waals surface area contributed by atoms with Gasteiger partial charge in [-0.15, -0.1) is 11.6 Å². The van der Waals surface area contributed by atoms with Crippen LogP contribution in [0.1, 0.15) is 6.42 Å². The van der Waals surface area contributed by atoms with Crippen LogP contribution in [0, 0.1) is 11.7 Å². The first-order valence-electron chi connectivity index (χ1n) is 4.93. The van der Waals surface area contributed by atoms with Crippen molar-refractivity contribution >= 4 is 39.1 Å². The van der Waals surface area contributed by atoms with Crippen molar-refractivity contribution in [3.8, 4) is 0 Å². The highest BCUT2D eigenvalue weighted by Gasteiger charge is 2.31. The van der Waals surface area contributed by atoms with Gasteiger partial charge in [-0.3, -0.25) is 4.79 Å². The molecule has 2 nitrogen and oxygen atoms in total. The van der Waals surface area contributed by atoms with Crippen LogP contribution in [0.25, 0.3) is 0 Å². The molecular formula is C11H10BrClFNO. The van der Waals surface area contributed by atoms with Crippen molar-refractivity contribution in [2.45, 2.75) is 6.42 Å². The zero-order valence-electron chi connectivity index (χ0n) is 8.42. The normalized spacial score (nSPS) is 20.6. The van der Waals surface area contributed by atoms with Crippen LogP contribution in [0.15, 0.2) is 22.7 Å². The SMILES string of the molecule is O=C1CC(CCl)CN1c1ccc(Br)cc1F. The second-order valence-corrected chi connectivity index (χ2v) is 5.05. The monoisotopic (exact) mass is 305 g/mol. The Morgan fingerprint density at radius 2 is 2.31 bits per heavy atom. The molecule has 86 valence electrons. The lowest BCUT2D eigenvalue weighted by Gasteiger charge is -2.17. The standard InChI is InChI=1S/C11H10BrClFNO/c12-8-1-2-10(9(14)4-8)15-6-7(5-13)3-11(15)16/h1-2,4,7H,3,5-6H2. The van der Waals surface area contributed by atoms with Gasteiger partial charge in [0.05, 0.1) is 5.69 Å². The van der Waals surface area contributed by atoms with E-state index in [1.54, 1.807) is 12.1 Å². The van der Waals surface area contributed by atoms with Gasteiger partial charge in [-0.25, -0.2) is 4.39 Å². The first kappa shape index (κ1) is 11.9. The smallest absolute Gasteiger partial charge is 0.227 e. The number of alkyl halides is 1. The van der Waals surface area contributed by atoms with E-state index >= 15 is 0 Å². The second-order valence-electron chi connectivity index (χ2n) is 3.82. The summed E-state index contributed by atoms with van der Waals surface area (Å²) in [6.45, 7) is 0.501. The molecule has 1 heterocycles. The number of halogens is 3. The Hall–Kier alpha value is -0.610. The van der Waals surface area contributed by atoms with Crippen molar-refractivity contribution in [2.24, 2.45) is 5.92 Å². The lowest BCUT2D eigenvalue weighted by molar-refractivity contribution is -0.117. The molecule has 0 radical (unpaired) electrons. The maximum absolute atomic E-state index is 13.6. The van der Waals surface area contributed by atoms with Crippen molar-refractivity contribution in [3.63, 3.8) is 0 Å². The number of rotatable bonds is 2. The van der Waals surface area contributed by atoms with Crippen LogP contribution >= 0.6 is 27.5 Å². The van der Waals surface area contributed by atoms with E-state index in [9.17, 15) is 9.18 Å². The molecule has 0 aromatic heterocycles. The largest absolute Gasteiger partial charge is 0.309 e. The molecule has 1 saturated heterocycles. The summed E-state index contributed by atoms with van der Waals surface area (Å²) >= 11 is 8.89. The highest BCUT2D eigenvalue weighted by Crippen LogP contribution is 2.29. The average Bonchev–Trinajstić information content (AvgIpc) is 2.60. The minimum absolute atomic E-state index is 0.0631. The molecule has 1 aromatic carbocycles. The minimum Gasteiger partial charge on any atom is -0.309 e. The van der Waals surface area contributed by atoms with Gasteiger partial charge in [0.2, 0.25) is 5.91 Å². The predicted octanol–water partition coefficient (Wildman–Crippen LogP) is 3.18.